The molecule has 1 saturated heterocycles. The second-order valence-electron chi connectivity index (χ2n) is 9.65. The molecule has 0 saturated carbocycles. The molecule has 2 aromatic carbocycles. The van der Waals surface area contributed by atoms with Gasteiger partial charge in [0.15, 0.2) is 0 Å². The molecule has 0 bridgehead atoms. The Labute approximate surface area is 226 Å². The molecule has 2 heterocycles. The molecule has 0 spiro atoms. The van der Waals surface area contributed by atoms with Crippen LogP contribution in [0, 0.1) is 11.3 Å². The van der Waals surface area contributed by atoms with Crippen molar-refractivity contribution in [2.45, 2.75) is 38.5 Å². The summed E-state index contributed by atoms with van der Waals surface area (Å²) in [4.78, 5) is 34.8. The first-order chi connectivity index (χ1) is 18.4. The molecule has 194 valence electrons. The van der Waals surface area contributed by atoms with Gasteiger partial charge in [0.2, 0.25) is 5.91 Å². The van der Waals surface area contributed by atoms with Crippen LogP contribution in [-0.2, 0) is 4.79 Å². The van der Waals surface area contributed by atoms with E-state index in [0.717, 1.165) is 17.6 Å². The van der Waals surface area contributed by atoms with Gasteiger partial charge in [-0.1, -0.05) is 42.0 Å². The van der Waals surface area contributed by atoms with Crippen molar-refractivity contribution in [1.82, 2.24) is 15.1 Å². The molecule has 2 atom stereocenters. The number of rotatable bonds is 5. The minimum atomic E-state index is -0.476. The molecule has 3 amide bonds. The summed E-state index contributed by atoms with van der Waals surface area (Å²) in [6.45, 7) is 4.54. The van der Waals surface area contributed by atoms with Crippen molar-refractivity contribution in [1.29, 1.82) is 5.26 Å². The van der Waals surface area contributed by atoms with Crippen molar-refractivity contribution in [2.24, 2.45) is 4.99 Å². The number of aliphatic imine (C=N–C) groups is 1. The maximum absolute atomic E-state index is 14.2. The number of amidine groups is 1. The summed E-state index contributed by atoms with van der Waals surface area (Å²) in [5, 5.41) is 12.9. The van der Waals surface area contributed by atoms with Crippen LogP contribution in [0.1, 0.15) is 43.0 Å². The lowest BCUT2D eigenvalue weighted by molar-refractivity contribution is -0.123. The van der Waals surface area contributed by atoms with Gasteiger partial charge >= 0.3 is 6.03 Å². The average molecular weight is 530 g/mol. The minimum absolute atomic E-state index is 0.0358. The van der Waals surface area contributed by atoms with E-state index in [0.29, 0.717) is 40.8 Å². The summed E-state index contributed by atoms with van der Waals surface area (Å²) in [7, 11) is 0. The van der Waals surface area contributed by atoms with Crippen molar-refractivity contribution in [3.8, 4) is 11.8 Å². The van der Waals surface area contributed by atoms with Crippen molar-refractivity contribution in [3.63, 3.8) is 0 Å². The first-order valence-corrected chi connectivity index (χ1v) is 13.0. The summed E-state index contributed by atoms with van der Waals surface area (Å²) >= 11 is 6.21. The first kappa shape index (κ1) is 25.6. The molecule has 5 rings (SSSR count). The van der Waals surface area contributed by atoms with Crippen LogP contribution in [0.25, 0.3) is 0 Å². The smallest absolute Gasteiger partial charge is 0.326 e. The fourth-order valence-corrected chi connectivity index (χ4v) is 5.10. The highest BCUT2D eigenvalue weighted by atomic mass is 35.5. The van der Waals surface area contributed by atoms with Crippen molar-refractivity contribution in [2.75, 3.05) is 19.6 Å². The van der Waals surface area contributed by atoms with E-state index in [4.69, 9.17) is 21.3 Å². The number of benzene rings is 2. The van der Waals surface area contributed by atoms with E-state index in [1.807, 2.05) is 32.1 Å². The van der Waals surface area contributed by atoms with Gasteiger partial charge in [0.05, 0.1) is 29.3 Å². The summed E-state index contributed by atoms with van der Waals surface area (Å²) in [5.41, 5.74) is 2.93. The lowest BCUT2D eigenvalue weighted by atomic mass is 9.94. The van der Waals surface area contributed by atoms with Crippen molar-refractivity contribution >= 4 is 29.4 Å². The van der Waals surface area contributed by atoms with Gasteiger partial charge in [0.25, 0.3) is 0 Å². The Morgan fingerprint density at radius 3 is 2.68 bits per heavy atom. The summed E-state index contributed by atoms with van der Waals surface area (Å²) in [6.07, 6.45) is 6.85. The van der Waals surface area contributed by atoms with E-state index in [1.54, 1.807) is 40.1 Å². The van der Waals surface area contributed by atoms with E-state index in [1.165, 1.54) is 0 Å². The molecular formula is C29H28ClN5O3. The molecule has 2 aliphatic heterocycles. The van der Waals surface area contributed by atoms with Gasteiger partial charge in [-0.25, -0.2) is 4.79 Å². The zero-order valence-corrected chi connectivity index (χ0v) is 22.0. The summed E-state index contributed by atoms with van der Waals surface area (Å²) < 4.78 is 6.11. The Bertz CT molecular complexity index is 1390. The van der Waals surface area contributed by atoms with Gasteiger partial charge < -0.3 is 15.0 Å². The normalized spacial score (nSPS) is 20.8. The number of nitriles is 1. The minimum Gasteiger partial charge on any atom is -0.490 e. The molecule has 38 heavy (non-hydrogen) atoms. The lowest BCUT2D eigenvalue weighted by Crippen LogP contribution is -2.55. The third-order valence-corrected chi connectivity index (χ3v) is 6.90. The van der Waals surface area contributed by atoms with E-state index >= 15 is 0 Å². The third kappa shape index (κ3) is 5.02. The van der Waals surface area contributed by atoms with Crippen LogP contribution in [0.5, 0.6) is 5.75 Å². The fraction of sp³-hybridized carbons (Fsp3) is 0.310. The zero-order chi connectivity index (χ0) is 26.8. The van der Waals surface area contributed by atoms with Crippen LogP contribution < -0.4 is 10.1 Å². The molecule has 9 heteroatoms. The van der Waals surface area contributed by atoms with E-state index in [2.05, 4.69) is 23.5 Å². The van der Waals surface area contributed by atoms with Gasteiger partial charge in [-0.05, 0) is 61.7 Å². The van der Waals surface area contributed by atoms with E-state index in [-0.39, 0.29) is 30.6 Å². The van der Waals surface area contributed by atoms with E-state index < -0.39 is 6.04 Å². The first-order valence-electron chi connectivity index (χ1n) is 12.6. The highest BCUT2D eigenvalue weighted by Gasteiger charge is 2.45. The Kier molecular flexibility index (Phi) is 7.21. The van der Waals surface area contributed by atoms with Gasteiger partial charge in [-0.2, -0.15) is 5.26 Å². The van der Waals surface area contributed by atoms with Crippen LogP contribution in [0.2, 0.25) is 5.02 Å². The number of urea groups is 1. The SMILES string of the molecule is CC(C)Oc1cc(C#N)ccc1C1=N[C@@H](C2=CCC=C2)[C@@H](c2ccc(Cl)cc2)N1C(=O)N1CCNC(=O)C1. The Morgan fingerprint density at radius 2 is 2.03 bits per heavy atom. The summed E-state index contributed by atoms with van der Waals surface area (Å²) in [5.74, 6) is 0.705. The number of carbonyl (C=O) groups excluding carboxylic acids is 2. The van der Waals surface area contributed by atoms with Crippen LogP contribution in [0.4, 0.5) is 4.79 Å². The van der Waals surface area contributed by atoms with Gasteiger partial charge in [0, 0.05) is 18.1 Å². The Hall–Kier alpha value is -4.09. The monoisotopic (exact) mass is 529 g/mol. The third-order valence-electron chi connectivity index (χ3n) is 6.65. The maximum Gasteiger partial charge on any atom is 0.326 e. The molecule has 2 aromatic rings. The highest BCUT2D eigenvalue weighted by molar-refractivity contribution is 6.30. The lowest BCUT2D eigenvalue weighted by Gasteiger charge is -2.36. The number of nitrogens with zero attached hydrogens (tertiary/aromatic N) is 4. The van der Waals surface area contributed by atoms with Crippen molar-refractivity contribution in [3.05, 3.63) is 88.0 Å². The van der Waals surface area contributed by atoms with Crippen LogP contribution in [0.15, 0.2) is 71.3 Å². The van der Waals surface area contributed by atoms with Crippen LogP contribution >= 0.6 is 11.6 Å². The number of allylic oxidation sites excluding steroid dienone is 2. The Morgan fingerprint density at radius 1 is 1.24 bits per heavy atom. The number of ether oxygens (including phenoxy) is 1. The molecule has 0 radical (unpaired) electrons. The molecule has 0 unspecified atom stereocenters. The predicted octanol–water partition coefficient (Wildman–Crippen LogP) is 4.61. The van der Waals surface area contributed by atoms with Crippen LogP contribution in [0.3, 0.4) is 0 Å². The topological polar surface area (TPSA) is 98.0 Å². The van der Waals surface area contributed by atoms with Gasteiger partial charge in [0.1, 0.15) is 24.2 Å². The number of carbonyl (C=O) groups is 2. The predicted molar refractivity (Wildman–Crippen MR) is 145 cm³/mol. The number of hydrogen-bond acceptors (Lipinski definition) is 5. The number of amides is 3. The molecule has 1 aliphatic carbocycles. The molecule has 1 N–H and O–H groups in total. The highest BCUT2D eigenvalue weighted by Crippen LogP contribution is 2.41. The average Bonchev–Trinajstić information content (AvgIpc) is 3.57. The molecule has 1 fully saturated rings. The molecule has 0 aromatic heterocycles. The zero-order valence-electron chi connectivity index (χ0n) is 21.2. The standard InChI is InChI=1S/C29H28ClN5O3/c1-18(2)38-24-15-19(16-31)7-12-23(24)28-33-26(20-5-3-4-6-20)27(21-8-10-22(30)11-9-21)35(28)29(37)34-14-13-32-25(36)17-34/h3,5-12,15,18,26-27H,4,13-14,17H2,1-2H3,(H,32,36)/t26-,27+/m0/s1. The second-order valence-corrected chi connectivity index (χ2v) is 10.1. The number of halogens is 1. The van der Waals surface area contributed by atoms with Gasteiger partial charge in [-0.15, -0.1) is 0 Å². The quantitative estimate of drug-likeness (QED) is 0.611. The van der Waals surface area contributed by atoms with Crippen LogP contribution in [-0.4, -0.2) is 59.4 Å². The maximum atomic E-state index is 14.2. The fourth-order valence-electron chi connectivity index (χ4n) is 4.97. The Balaban J connectivity index is 1.68. The van der Waals surface area contributed by atoms with E-state index in [9.17, 15) is 14.9 Å². The number of piperazine rings is 1. The largest absolute Gasteiger partial charge is 0.490 e. The molecular weight excluding hydrogens is 502 g/mol. The molecule has 3 aliphatic rings. The number of hydrogen-bond donors (Lipinski definition) is 1. The summed E-state index contributed by atoms with van der Waals surface area (Å²) in [6, 6.07) is 13.6. The van der Waals surface area contributed by atoms with Crippen molar-refractivity contribution < 1.29 is 14.3 Å². The molecule has 8 nitrogen and oxygen atoms in total. The number of nitrogens with one attached hydrogen (secondary N) is 1. The van der Waals surface area contributed by atoms with Gasteiger partial charge in [-0.3, -0.25) is 14.7 Å². The second kappa shape index (κ2) is 10.7.